The zero-order chi connectivity index (χ0) is 13.2. The lowest BCUT2D eigenvalue weighted by atomic mass is 9.88. The molecule has 0 aromatic carbocycles. The Balaban J connectivity index is 0.000000169. The fourth-order valence-corrected chi connectivity index (χ4v) is 3.75. The fourth-order valence-electron chi connectivity index (χ4n) is 3.75. The van der Waals surface area contributed by atoms with Crippen LogP contribution in [0.15, 0.2) is 0 Å². The molecule has 0 aromatic heterocycles. The summed E-state index contributed by atoms with van der Waals surface area (Å²) in [7, 11) is 0. The minimum absolute atomic E-state index is 0.118. The molecule has 0 amide bonds. The number of aliphatic hydroxyl groups is 2. The van der Waals surface area contributed by atoms with Crippen molar-refractivity contribution in [1.82, 2.24) is 10.9 Å². The molecule has 0 bridgehead atoms. The molecule has 0 radical (unpaired) electrons. The third-order valence-corrected chi connectivity index (χ3v) is 4.76. The Bertz CT molecular complexity index is 259. The van der Waals surface area contributed by atoms with Crippen LogP contribution >= 0.6 is 0 Å². The molecular weight excluding hydrogens is 228 g/mol. The predicted molar refractivity (Wildman–Crippen MR) is 71.7 cm³/mol. The van der Waals surface area contributed by atoms with E-state index in [9.17, 15) is 10.2 Å². The van der Waals surface area contributed by atoms with Crippen molar-refractivity contribution in [2.45, 2.75) is 76.7 Å². The van der Waals surface area contributed by atoms with Crippen molar-refractivity contribution < 1.29 is 10.2 Å². The van der Waals surface area contributed by atoms with Crippen LogP contribution in [0.1, 0.15) is 58.8 Å². The molecule has 0 aromatic rings. The van der Waals surface area contributed by atoms with Gasteiger partial charge in [-0.25, -0.2) is 5.43 Å². The van der Waals surface area contributed by atoms with Crippen LogP contribution in [0.5, 0.6) is 0 Å². The van der Waals surface area contributed by atoms with Gasteiger partial charge in [-0.1, -0.05) is 45.4 Å². The van der Waals surface area contributed by atoms with E-state index in [0.29, 0.717) is 12.3 Å². The lowest BCUT2D eigenvalue weighted by molar-refractivity contribution is -0.0891. The number of rotatable bonds is 0. The molecule has 5 atom stereocenters. The van der Waals surface area contributed by atoms with Crippen LogP contribution < -0.4 is 10.9 Å². The van der Waals surface area contributed by atoms with Gasteiger partial charge in [0.2, 0.25) is 0 Å². The lowest BCUT2D eigenvalue weighted by Crippen LogP contribution is -2.52. The van der Waals surface area contributed by atoms with Gasteiger partial charge in [0, 0.05) is 12.0 Å². The van der Waals surface area contributed by atoms with Crippen LogP contribution in [0.4, 0.5) is 0 Å². The van der Waals surface area contributed by atoms with Crippen LogP contribution in [-0.2, 0) is 0 Å². The van der Waals surface area contributed by atoms with Gasteiger partial charge in [-0.15, -0.1) is 0 Å². The molecule has 0 spiro atoms. The van der Waals surface area contributed by atoms with Crippen molar-refractivity contribution in [2.24, 2.45) is 11.8 Å². The maximum absolute atomic E-state index is 10.0. The van der Waals surface area contributed by atoms with E-state index < -0.39 is 11.8 Å². The van der Waals surface area contributed by atoms with Crippen molar-refractivity contribution in [2.75, 3.05) is 0 Å². The average molecular weight is 256 g/mol. The third kappa shape index (κ3) is 2.72. The first kappa shape index (κ1) is 14.3. The Kier molecular flexibility index (Phi) is 4.64. The number of hydrogen-bond acceptors (Lipinski definition) is 4. The van der Waals surface area contributed by atoms with Crippen LogP contribution in [0.25, 0.3) is 0 Å². The summed E-state index contributed by atoms with van der Waals surface area (Å²) in [5.41, 5.74) is 4.64. The van der Waals surface area contributed by atoms with Gasteiger partial charge in [0.25, 0.3) is 0 Å². The monoisotopic (exact) mass is 256 g/mol. The molecule has 3 fully saturated rings. The lowest BCUT2D eigenvalue weighted by Gasteiger charge is -2.26. The summed E-state index contributed by atoms with van der Waals surface area (Å²) < 4.78 is 0. The second-order valence-electron chi connectivity index (χ2n) is 6.26. The third-order valence-electron chi connectivity index (χ3n) is 4.76. The van der Waals surface area contributed by atoms with Gasteiger partial charge in [0.05, 0.1) is 6.10 Å². The predicted octanol–water partition coefficient (Wildman–Crippen LogP) is 1.53. The number of aliphatic hydroxyl groups excluding tert-OH is 1. The molecule has 106 valence electrons. The number of hydrogen-bond donors (Lipinski definition) is 4. The topological polar surface area (TPSA) is 64.5 Å². The van der Waals surface area contributed by atoms with E-state index in [2.05, 4.69) is 17.8 Å². The molecule has 5 unspecified atom stereocenters. The van der Waals surface area contributed by atoms with E-state index in [-0.39, 0.29) is 12.0 Å². The minimum Gasteiger partial charge on any atom is -0.389 e. The molecule has 1 aliphatic heterocycles. The van der Waals surface area contributed by atoms with Crippen LogP contribution in [-0.4, -0.2) is 28.1 Å². The highest BCUT2D eigenvalue weighted by atomic mass is 16.4. The van der Waals surface area contributed by atoms with Gasteiger partial charge in [0.15, 0.2) is 5.72 Å². The van der Waals surface area contributed by atoms with E-state index in [1.54, 1.807) is 0 Å². The summed E-state index contributed by atoms with van der Waals surface area (Å²) in [6, 6.07) is 0.224. The Hall–Kier alpha value is -0.160. The van der Waals surface area contributed by atoms with Crippen molar-refractivity contribution in [1.29, 1.82) is 0 Å². The Morgan fingerprint density at radius 2 is 1.50 bits per heavy atom. The van der Waals surface area contributed by atoms with Gasteiger partial charge in [-0.2, -0.15) is 0 Å². The maximum Gasteiger partial charge on any atom is 0.158 e. The van der Waals surface area contributed by atoms with Gasteiger partial charge >= 0.3 is 0 Å². The highest BCUT2D eigenvalue weighted by molar-refractivity contribution is 5.06. The maximum atomic E-state index is 10.0. The molecule has 18 heavy (non-hydrogen) atoms. The van der Waals surface area contributed by atoms with Gasteiger partial charge in [-0.05, 0) is 19.3 Å². The first-order chi connectivity index (χ1) is 8.55. The van der Waals surface area contributed by atoms with Gasteiger partial charge in [-0.3, -0.25) is 5.43 Å². The summed E-state index contributed by atoms with van der Waals surface area (Å²) in [4.78, 5) is 0. The largest absolute Gasteiger partial charge is 0.389 e. The number of nitrogens with one attached hydrogen (secondary N) is 2. The molecule has 3 rings (SSSR count). The van der Waals surface area contributed by atoms with Crippen molar-refractivity contribution >= 4 is 0 Å². The minimum atomic E-state index is -1.10. The van der Waals surface area contributed by atoms with Gasteiger partial charge in [0.1, 0.15) is 0 Å². The quantitative estimate of drug-likeness (QED) is 0.531. The zero-order valence-corrected chi connectivity index (χ0v) is 11.7. The van der Waals surface area contributed by atoms with E-state index in [1.165, 1.54) is 38.5 Å². The zero-order valence-electron chi connectivity index (χ0n) is 11.7. The molecule has 2 aliphatic carbocycles. The molecule has 3 aliphatic rings. The molecule has 4 heteroatoms. The first-order valence-electron chi connectivity index (χ1n) is 7.49. The summed E-state index contributed by atoms with van der Waals surface area (Å²) >= 11 is 0. The summed E-state index contributed by atoms with van der Waals surface area (Å²) in [6.07, 6.45) is 9.04. The van der Waals surface area contributed by atoms with Crippen molar-refractivity contribution in [3.8, 4) is 0 Å². The Morgan fingerprint density at radius 3 is 1.94 bits per heavy atom. The Labute approximate surface area is 110 Å². The van der Waals surface area contributed by atoms with E-state index in [4.69, 9.17) is 0 Å². The van der Waals surface area contributed by atoms with Crippen molar-refractivity contribution in [3.63, 3.8) is 0 Å². The second-order valence-corrected chi connectivity index (χ2v) is 6.26. The van der Waals surface area contributed by atoms with E-state index in [0.717, 1.165) is 0 Å². The highest BCUT2D eigenvalue weighted by Crippen LogP contribution is 2.42. The molecular formula is C14H28N2O2. The van der Waals surface area contributed by atoms with Crippen LogP contribution in [0, 0.1) is 11.8 Å². The molecule has 4 nitrogen and oxygen atoms in total. The first-order valence-corrected chi connectivity index (χ1v) is 7.49. The van der Waals surface area contributed by atoms with Crippen LogP contribution in [0.3, 0.4) is 0 Å². The molecule has 4 N–H and O–H groups in total. The highest BCUT2D eigenvalue weighted by Gasteiger charge is 2.57. The van der Waals surface area contributed by atoms with Crippen molar-refractivity contribution in [3.05, 3.63) is 0 Å². The fraction of sp³-hybridized carbons (Fsp3) is 1.00. The summed E-state index contributed by atoms with van der Waals surface area (Å²) in [5, 5.41) is 19.6. The molecule has 1 heterocycles. The Morgan fingerprint density at radius 1 is 1.00 bits per heavy atom. The van der Waals surface area contributed by atoms with E-state index >= 15 is 0 Å². The summed E-state index contributed by atoms with van der Waals surface area (Å²) in [6.45, 7) is 4.08. The average Bonchev–Trinajstić information content (AvgIpc) is 2.80. The molecule has 2 saturated carbocycles. The standard InChI is InChI=1S/C8H16N2O2.C6H12/c1-4-3-6(11)8(12)7(4)5(2)9-10-8;1-2-4-6-5-3-1/h4-7,9-12H,3H2,1-2H3;1-6H2. The smallest absolute Gasteiger partial charge is 0.158 e. The normalized spacial score (nSPS) is 47.3. The number of hydrazine groups is 1. The second kappa shape index (κ2) is 5.87. The van der Waals surface area contributed by atoms with Gasteiger partial charge < -0.3 is 10.2 Å². The number of fused-ring (bicyclic) bond motifs is 1. The molecule has 1 saturated heterocycles. The summed E-state index contributed by atoms with van der Waals surface area (Å²) in [5.74, 6) is 0.481. The SMILES string of the molecule is C1CCCCC1.CC1CC(O)C2(O)NNC(C)C12. The van der Waals surface area contributed by atoms with Crippen LogP contribution in [0.2, 0.25) is 0 Å². The van der Waals surface area contributed by atoms with E-state index in [1.807, 2.05) is 6.92 Å².